The Morgan fingerprint density at radius 2 is 1.68 bits per heavy atom. The van der Waals surface area contributed by atoms with Gasteiger partial charge in [-0.05, 0) is 104 Å². The number of hydrogen-bond donors (Lipinski definition) is 7. The second-order valence-electron chi connectivity index (χ2n) is 23.5. The Morgan fingerprint density at radius 1 is 0.987 bits per heavy atom. The number of ether oxygens (including phenoxy) is 7. The molecule has 0 radical (unpaired) electrons. The van der Waals surface area contributed by atoms with Crippen LogP contribution in [0.3, 0.4) is 0 Å². The van der Waals surface area contributed by atoms with E-state index in [2.05, 4.69) is 15.6 Å². The average Bonchev–Trinajstić information content (AvgIpc) is 4.09. The number of aromatic nitrogens is 3. The number of nitrogens with one attached hydrogen (secondary N) is 1. The van der Waals surface area contributed by atoms with Crippen LogP contribution in [-0.4, -0.2) is 219 Å². The maximum absolute atomic E-state index is 15.0. The molecule has 20 nitrogen and oxygen atoms in total. The minimum atomic E-state index is -1.86. The Kier molecular flexibility index (Phi) is 21.8. The Hall–Kier alpha value is -3.10. The molecule has 21 heteroatoms. The fraction of sp³-hybridized carbons (Fsp3) is 0.804. The molecule has 0 saturated carbocycles. The van der Waals surface area contributed by atoms with E-state index in [4.69, 9.17) is 33.2 Å². The topological polar surface area (TPSA) is 252 Å². The molecule has 0 amide bonds. The van der Waals surface area contributed by atoms with E-state index in [1.54, 1.807) is 54.7 Å². The van der Waals surface area contributed by atoms with Gasteiger partial charge in [0.25, 0.3) is 0 Å². The number of hydrogen-bond acceptors (Lipinski definition) is 19. The van der Waals surface area contributed by atoms with Gasteiger partial charge in [-0.25, -0.2) is 9.07 Å². The van der Waals surface area contributed by atoms with Crippen molar-refractivity contribution in [2.24, 2.45) is 17.8 Å². The number of aliphatic hydroxyl groups is 6. The number of cyclic esters (lactones) is 1. The maximum atomic E-state index is 15.0. The van der Waals surface area contributed by atoms with E-state index in [1.807, 2.05) is 68.1 Å². The molecule has 0 spiro atoms. The maximum Gasteiger partial charge on any atom is 0.311 e. The van der Waals surface area contributed by atoms with E-state index in [-0.39, 0.29) is 37.8 Å². The first-order valence-corrected chi connectivity index (χ1v) is 27.6. The van der Waals surface area contributed by atoms with Crippen molar-refractivity contribution in [2.75, 3.05) is 61.2 Å². The predicted molar refractivity (Wildman–Crippen MR) is 285 cm³/mol. The number of alkyl halides is 1. The molecule has 438 valence electrons. The molecule has 2 aromatic rings. The molecule has 1 aromatic carbocycles. The number of carbonyl (C=O) groups excluding carboxylic acids is 1. The number of nitrogens with zero attached hydrogens (tertiary/aromatic N) is 5. The van der Waals surface area contributed by atoms with Crippen LogP contribution >= 0.6 is 0 Å². The average molecular weight is 1090 g/mol. The standard InChI is InChI=1S/C56H93FN6O14/c1-15-44-56(10,70)49(66)35(6)62(12)28-31(2)24-54(8,69)51(33(4)47(34(5)52(68)75-44)76-45-25-55(9,72-14)50(67)36(7)74-45)77-53-46(65)42(22-32(3)73-53)61(11)21-20-40-29-63(60-59-40)43(26-57)48(71-13)38-18-16-37(17-19-38)39-23-41(30-64)58-27-39/h16-19,23,29,31-36,41-51,53,58,64-67,69-70H,15,20-22,24-28,30H2,1-14H3/t31-,32-,33+,34-,35-,36+,41-,42+,43-,44-,45+,46-,47+,48-,49-,50+,51-,53+,54-,55-,56-/m1/s1. The summed E-state index contributed by atoms with van der Waals surface area (Å²) in [5.74, 6) is -2.89. The molecule has 0 bridgehead atoms. The summed E-state index contributed by atoms with van der Waals surface area (Å²) in [4.78, 5) is 18.4. The van der Waals surface area contributed by atoms with Gasteiger partial charge in [0.15, 0.2) is 12.6 Å². The number of benzene rings is 1. The molecular weight excluding hydrogens is 1000 g/mol. The minimum Gasteiger partial charge on any atom is -0.459 e. The van der Waals surface area contributed by atoms with Crippen LogP contribution in [0.4, 0.5) is 4.39 Å². The van der Waals surface area contributed by atoms with E-state index in [1.165, 1.54) is 25.8 Å². The third-order valence-electron chi connectivity index (χ3n) is 17.3. The molecule has 5 heterocycles. The van der Waals surface area contributed by atoms with Crippen LogP contribution in [0.2, 0.25) is 0 Å². The molecule has 0 aliphatic carbocycles. The number of halogens is 1. The lowest BCUT2D eigenvalue weighted by Gasteiger charge is -2.49. The number of rotatable bonds is 17. The molecule has 7 N–H and O–H groups in total. The van der Waals surface area contributed by atoms with E-state index < -0.39 is 127 Å². The largest absolute Gasteiger partial charge is 0.459 e. The Morgan fingerprint density at radius 3 is 2.29 bits per heavy atom. The molecule has 1 aromatic heterocycles. The fourth-order valence-corrected chi connectivity index (χ4v) is 12.3. The molecule has 0 unspecified atom stereocenters. The van der Waals surface area contributed by atoms with Gasteiger partial charge in [0.05, 0.1) is 53.8 Å². The van der Waals surface area contributed by atoms with E-state index in [9.17, 15) is 39.8 Å². The molecule has 3 fully saturated rings. The van der Waals surface area contributed by atoms with Crippen molar-refractivity contribution in [3.05, 3.63) is 53.4 Å². The summed E-state index contributed by atoms with van der Waals surface area (Å²) < 4.78 is 60.7. The van der Waals surface area contributed by atoms with Crippen molar-refractivity contribution >= 4 is 11.5 Å². The SMILES string of the molecule is CC[C@H]1OC(=O)[C@H](C)[C@@H](O[C@H]2C[C@@](C)(OC)[C@@H](O)[C@H](C)O2)[C@H](C)[C@@H](O[C@@H]2O[C@H](C)C[C@H](N(C)CCc3cn([C@H](CF)[C@H](OC)c4ccc(C5=C[C@H](CO)NC5)cc4)nn3)[C@H]2O)[C@](C)(O)C[C@@H](C)CN(C)[C@H](C)[C@@H](O)[C@]1(C)O. The highest BCUT2D eigenvalue weighted by molar-refractivity contribution is 5.73. The third kappa shape index (κ3) is 14.5. The fourth-order valence-electron chi connectivity index (χ4n) is 12.3. The lowest BCUT2D eigenvalue weighted by atomic mass is 9.77. The zero-order valence-corrected chi connectivity index (χ0v) is 48.0. The summed E-state index contributed by atoms with van der Waals surface area (Å²) in [5, 5.41) is 81.5. The van der Waals surface area contributed by atoms with E-state index in [0.717, 1.165) is 16.7 Å². The zero-order valence-electron chi connectivity index (χ0n) is 48.0. The summed E-state index contributed by atoms with van der Waals surface area (Å²) in [7, 11) is 6.74. The summed E-state index contributed by atoms with van der Waals surface area (Å²) in [6, 6.07) is 5.77. The summed E-state index contributed by atoms with van der Waals surface area (Å²) >= 11 is 0. The third-order valence-corrected chi connectivity index (χ3v) is 17.3. The Bertz CT molecular complexity index is 2210. The van der Waals surface area contributed by atoms with Gasteiger partial charge < -0.3 is 78.9 Å². The summed E-state index contributed by atoms with van der Waals surface area (Å²) in [5.41, 5.74) is -1.15. The van der Waals surface area contributed by atoms with Crippen molar-refractivity contribution in [3.8, 4) is 0 Å². The number of methoxy groups -OCH3 is 2. The van der Waals surface area contributed by atoms with Gasteiger partial charge in [-0.1, -0.05) is 56.3 Å². The molecule has 21 atom stereocenters. The second-order valence-corrected chi connectivity index (χ2v) is 23.5. The van der Waals surface area contributed by atoms with Crippen LogP contribution in [-0.2, 0) is 44.4 Å². The van der Waals surface area contributed by atoms with Crippen LogP contribution in [0.15, 0.2) is 36.5 Å². The summed E-state index contributed by atoms with van der Waals surface area (Å²) in [6.45, 7) is 18.1. The first-order valence-electron chi connectivity index (χ1n) is 27.6. The highest BCUT2D eigenvalue weighted by Crippen LogP contribution is 2.41. The smallest absolute Gasteiger partial charge is 0.311 e. The lowest BCUT2D eigenvalue weighted by molar-refractivity contribution is -0.318. The molecule has 6 rings (SSSR count). The van der Waals surface area contributed by atoms with Crippen molar-refractivity contribution in [3.63, 3.8) is 0 Å². The Balaban J connectivity index is 1.25. The van der Waals surface area contributed by atoms with E-state index in [0.29, 0.717) is 38.2 Å². The monoisotopic (exact) mass is 1090 g/mol. The van der Waals surface area contributed by atoms with Gasteiger partial charge in [-0.15, -0.1) is 5.10 Å². The van der Waals surface area contributed by atoms with Crippen LogP contribution in [0.1, 0.15) is 124 Å². The summed E-state index contributed by atoms with van der Waals surface area (Å²) in [6.07, 6.45) is -6.06. The molecule has 77 heavy (non-hydrogen) atoms. The number of likely N-dealkylation sites (N-methyl/N-ethyl adjacent to an activating group) is 2. The zero-order chi connectivity index (χ0) is 56.9. The first kappa shape index (κ1) is 63.1. The molecule has 4 aliphatic rings. The van der Waals surface area contributed by atoms with Crippen molar-refractivity contribution in [1.29, 1.82) is 0 Å². The number of esters is 1. The van der Waals surface area contributed by atoms with Crippen molar-refractivity contribution < 1.29 is 73.0 Å². The molecule has 3 saturated heterocycles. The van der Waals surface area contributed by atoms with Gasteiger partial charge in [-0.2, -0.15) is 0 Å². The van der Waals surface area contributed by atoms with Crippen molar-refractivity contribution in [1.82, 2.24) is 30.1 Å². The quantitative estimate of drug-likeness (QED) is 0.112. The van der Waals surface area contributed by atoms with Crippen LogP contribution in [0, 0.1) is 17.8 Å². The van der Waals surface area contributed by atoms with Gasteiger partial charge >= 0.3 is 5.97 Å². The minimum absolute atomic E-state index is 0.0140. The molecule has 4 aliphatic heterocycles. The van der Waals surface area contributed by atoms with Gasteiger partial charge in [0, 0.05) is 76.9 Å². The van der Waals surface area contributed by atoms with Gasteiger partial charge in [0.2, 0.25) is 0 Å². The Labute approximate surface area is 455 Å². The van der Waals surface area contributed by atoms with Crippen molar-refractivity contribution in [2.45, 2.75) is 210 Å². The normalized spacial score (nSPS) is 40.1. The van der Waals surface area contributed by atoms with Crippen LogP contribution in [0.25, 0.3) is 5.57 Å². The number of aliphatic hydroxyl groups excluding tert-OH is 4. The van der Waals surface area contributed by atoms with E-state index >= 15 is 0 Å². The van der Waals surface area contributed by atoms with Crippen LogP contribution in [0.5, 0.6) is 0 Å². The highest BCUT2D eigenvalue weighted by atomic mass is 19.1. The van der Waals surface area contributed by atoms with Gasteiger partial charge in [-0.3, -0.25) is 4.79 Å². The second kappa shape index (κ2) is 26.7. The van der Waals surface area contributed by atoms with Gasteiger partial charge in [0.1, 0.15) is 48.8 Å². The lowest BCUT2D eigenvalue weighted by Crippen LogP contribution is -2.61. The molecular formula is C56H93FN6O14. The first-order chi connectivity index (χ1) is 36.2. The predicted octanol–water partition coefficient (Wildman–Crippen LogP) is 3.35. The highest BCUT2D eigenvalue weighted by Gasteiger charge is 2.53. The number of carbonyl (C=O) groups is 1. The van der Waals surface area contributed by atoms with Crippen LogP contribution < -0.4 is 5.32 Å².